The molecule has 5 heteroatoms. The van der Waals surface area contributed by atoms with Crippen molar-refractivity contribution < 1.29 is 0 Å². The fraction of sp³-hybridized carbons (Fsp3) is 0.333. The summed E-state index contributed by atoms with van der Waals surface area (Å²) in [6.07, 6.45) is 3.93. The van der Waals surface area contributed by atoms with E-state index in [1.54, 1.807) is 5.30 Å². The maximum atomic E-state index is 3.76. The van der Waals surface area contributed by atoms with Crippen molar-refractivity contribution in [3.8, 4) is 0 Å². The predicted octanol–water partition coefficient (Wildman–Crippen LogP) is 3.36. The molecule has 0 radical (unpaired) electrons. The lowest BCUT2D eigenvalue weighted by Gasteiger charge is -2.23. The molecule has 0 amide bonds. The van der Waals surface area contributed by atoms with E-state index < -0.39 is 0 Å². The maximum Gasteiger partial charge on any atom is 0.0497 e. The molecular formula is C18H24N2P2S. The van der Waals surface area contributed by atoms with E-state index in [2.05, 4.69) is 71.1 Å². The van der Waals surface area contributed by atoms with Crippen LogP contribution >= 0.6 is 27.8 Å². The van der Waals surface area contributed by atoms with E-state index in [0.717, 1.165) is 12.5 Å². The molecule has 2 aromatic rings. The summed E-state index contributed by atoms with van der Waals surface area (Å²) < 4.78 is 0. The molecule has 0 aliphatic carbocycles. The second-order valence-corrected chi connectivity index (χ2v) is 11.2. The van der Waals surface area contributed by atoms with Crippen molar-refractivity contribution in [1.82, 2.24) is 10.4 Å². The Labute approximate surface area is 146 Å². The quantitative estimate of drug-likeness (QED) is 0.801. The highest BCUT2D eigenvalue weighted by molar-refractivity contribution is 7.99. The fourth-order valence-corrected chi connectivity index (χ4v) is 8.98. The Kier molecular flexibility index (Phi) is 7.39. The monoisotopic (exact) mass is 362 g/mol. The molecule has 1 aliphatic rings. The third-order valence-electron chi connectivity index (χ3n) is 3.89. The van der Waals surface area contributed by atoms with Crippen LogP contribution in [0.2, 0.25) is 0 Å². The van der Waals surface area contributed by atoms with Crippen LogP contribution in [0.5, 0.6) is 0 Å². The van der Waals surface area contributed by atoms with Crippen molar-refractivity contribution in [3.63, 3.8) is 0 Å². The summed E-state index contributed by atoms with van der Waals surface area (Å²) in [4.78, 5) is 0. The zero-order valence-corrected chi connectivity index (χ0v) is 15.9. The fourth-order valence-electron chi connectivity index (χ4n) is 2.66. The molecule has 2 aromatic carbocycles. The van der Waals surface area contributed by atoms with Gasteiger partial charge in [0.1, 0.15) is 0 Å². The summed E-state index contributed by atoms with van der Waals surface area (Å²) in [6.45, 7) is 0.914. The Morgan fingerprint density at radius 3 is 2.22 bits per heavy atom. The SMILES string of the molecule is c1ccc(P2CCSCNCN[P@](c3ccccc3)CC2)cc1. The van der Waals surface area contributed by atoms with Crippen LogP contribution in [-0.2, 0) is 0 Å². The average Bonchev–Trinajstić information content (AvgIpc) is 2.68. The summed E-state index contributed by atoms with van der Waals surface area (Å²) in [5.74, 6) is 2.31. The van der Waals surface area contributed by atoms with Gasteiger partial charge in [0.05, 0.1) is 0 Å². The number of rotatable bonds is 2. The van der Waals surface area contributed by atoms with Gasteiger partial charge in [-0.25, -0.2) is 0 Å². The van der Waals surface area contributed by atoms with Crippen molar-refractivity contribution >= 4 is 38.4 Å². The van der Waals surface area contributed by atoms with Gasteiger partial charge in [-0.2, -0.15) is 0 Å². The first-order chi connectivity index (χ1) is 11.4. The molecular weight excluding hydrogens is 338 g/mol. The van der Waals surface area contributed by atoms with Gasteiger partial charge in [-0.3, -0.25) is 10.4 Å². The van der Waals surface area contributed by atoms with Crippen molar-refractivity contribution in [2.24, 2.45) is 0 Å². The topological polar surface area (TPSA) is 24.1 Å². The molecule has 0 spiro atoms. The van der Waals surface area contributed by atoms with Crippen LogP contribution in [0.3, 0.4) is 0 Å². The van der Waals surface area contributed by atoms with Gasteiger partial charge in [-0.05, 0) is 42.9 Å². The number of nitrogens with one attached hydrogen (secondary N) is 2. The van der Waals surface area contributed by atoms with E-state index in [0.29, 0.717) is 0 Å². The molecule has 3 rings (SSSR count). The molecule has 1 aliphatic heterocycles. The van der Waals surface area contributed by atoms with Gasteiger partial charge < -0.3 is 0 Å². The minimum absolute atomic E-state index is 0.0406. The van der Waals surface area contributed by atoms with E-state index in [9.17, 15) is 0 Å². The Morgan fingerprint density at radius 2 is 1.48 bits per heavy atom. The summed E-state index contributed by atoms with van der Waals surface area (Å²) in [6, 6.07) is 22.1. The first-order valence-electron chi connectivity index (χ1n) is 8.08. The molecule has 1 saturated heterocycles. The lowest BCUT2D eigenvalue weighted by Crippen LogP contribution is -2.29. The highest BCUT2D eigenvalue weighted by Crippen LogP contribution is 2.40. The zero-order chi connectivity index (χ0) is 15.7. The van der Waals surface area contributed by atoms with Crippen molar-refractivity contribution in [1.29, 1.82) is 0 Å². The van der Waals surface area contributed by atoms with Crippen LogP contribution in [0.25, 0.3) is 0 Å². The Morgan fingerprint density at radius 1 is 0.783 bits per heavy atom. The van der Waals surface area contributed by atoms with Gasteiger partial charge >= 0.3 is 0 Å². The predicted molar refractivity (Wildman–Crippen MR) is 109 cm³/mol. The van der Waals surface area contributed by atoms with Crippen LogP contribution in [0.4, 0.5) is 0 Å². The highest BCUT2D eigenvalue weighted by Gasteiger charge is 2.16. The lowest BCUT2D eigenvalue weighted by atomic mass is 10.4. The standard InChI is InChI=1S/C18H24N2P2S/c1-3-7-17(8-4-1)21-11-12-22(18-9-5-2-6-10-18)20-15-19-16-23-14-13-21/h1-10,19-20H,11-16H2/t21?,22-/m0/s1. The second-order valence-electron chi connectivity index (χ2n) is 5.45. The molecule has 0 aromatic heterocycles. The van der Waals surface area contributed by atoms with Crippen LogP contribution in [0.15, 0.2) is 60.7 Å². The molecule has 23 heavy (non-hydrogen) atoms. The number of thioether (sulfide) groups is 1. The van der Waals surface area contributed by atoms with E-state index in [-0.39, 0.29) is 16.0 Å². The molecule has 1 unspecified atom stereocenters. The summed E-state index contributed by atoms with van der Waals surface area (Å²) in [7, 11) is -0.314. The maximum absolute atomic E-state index is 3.76. The molecule has 1 fully saturated rings. The van der Waals surface area contributed by atoms with Gasteiger partial charge in [0, 0.05) is 12.5 Å². The van der Waals surface area contributed by atoms with Crippen molar-refractivity contribution in [3.05, 3.63) is 60.7 Å². The number of benzene rings is 2. The zero-order valence-electron chi connectivity index (χ0n) is 13.3. The Balaban J connectivity index is 1.73. The average molecular weight is 362 g/mol. The molecule has 2 atom stereocenters. The summed E-state index contributed by atoms with van der Waals surface area (Å²) in [5, 5.41) is 10.3. The first-order valence-corrected chi connectivity index (χ1v) is 12.5. The van der Waals surface area contributed by atoms with E-state index in [1.165, 1.54) is 29.5 Å². The highest BCUT2D eigenvalue weighted by atomic mass is 32.2. The second kappa shape index (κ2) is 9.77. The van der Waals surface area contributed by atoms with Gasteiger partial charge in [0.15, 0.2) is 0 Å². The van der Waals surface area contributed by atoms with Gasteiger partial charge in [-0.15, -0.1) is 11.8 Å². The number of hydrogen-bond donors (Lipinski definition) is 2. The molecule has 0 bridgehead atoms. The third kappa shape index (κ3) is 5.55. The molecule has 2 N–H and O–H groups in total. The van der Waals surface area contributed by atoms with Gasteiger partial charge in [0.25, 0.3) is 0 Å². The van der Waals surface area contributed by atoms with Crippen molar-refractivity contribution in [2.45, 2.75) is 0 Å². The Hall–Kier alpha value is -0.430. The van der Waals surface area contributed by atoms with Gasteiger partial charge in [-0.1, -0.05) is 68.6 Å². The summed E-state index contributed by atoms with van der Waals surface area (Å²) >= 11 is 2.03. The molecule has 2 nitrogen and oxygen atoms in total. The molecule has 1 heterocycles. The Bertz CT molecular complexity index is 516. The minimum atomic E-state index is -0.274. The van der Waals surface area contributed by atoms with E-state index in [1.807, 2.05) is 11.8 Å². The normalized spacial score (nSPS) is 23.8. The van der Waals surface area contributed by atoms with E-state index in [4.69, 9.17) is 0 Å². The van der Waals surface area contributed by atoms with Gasteiger partial charge in [0.2, 0.25) is 0 Å². The first kappa shape index (κ1) is 17.4. The smallest absolute Gasteiger partial charge is 0.0497 e. The largest absolute Gasteiger partial charge is 0.295 e. The van der Waals surface area contributed by atoms with Crippen molar-refractivity contribution in [2.75, 3.05) is 36.8 Å². The van der Waals surface area contributed by atoms with Crippen LogP contribution in [0.1, 0.15) is 0 Å². The molecule has 0 saturated carbocycles. The lowest BCUT2D eigenvalue weighted by molar-refractivity contribution is 0.766. The van der Waals surface area contributed by atoms with Crippen LogP contribution in [0, 0.1) is 0 Å². The summed E-state index contributed by atoms with van der Waals surface area (Å²) in [5.41, 5.74) is 0. The van der Waals surface area contributed by atoms with Crippen LogP contribution < -0.4 is 21.0 Å². The minimum Gasteiger partial charge on any atom is -0.295 e. The van der Waals surface area contributed by atoms with E-state index >= 15 is 0 Å². The molecule has 122 valence electrons. The van der Waals surface area contributed by atoms with Crippen LogP contribution in [-0.4, -0.2) is 36.8 Å². The third-order valence-corrected chi connectivity index (χ3v) is 10.1. The number of hydrogen-bond acceptors (Lipinski definition) is 3.